The first-order valence-electron chi connectivity index (χ1n) is 10.4. The number of aromatic nitrogens is 4. The Morgan fingerprint density at radius 1 is 1.09 bits per heavy atom. The number of aliphatic hydroxyl groups is 1. The maximum Gasteiger partial charge on any atom is 0.262 e. The first-order chi connectivity index (χ1) is 15.3. The van der Waals surface area contributed by atoms with Crippen molar-refractivity contribution in [2.45, 2.75) is 39.0 Å². The third kappa shape index (κ3) is 4.92. The predicted octanol–water partition coefficient (Wildman–Crippen LogP) is 3.87. The van der Waals surface area contributed by atoms with Gasteiger partial charge < -0.3 is 20.3 Å². The van der Waals surface area contributed by atoms with Gasteiger partial charge in [-0.2, -0.15) is 0 Å². The molecule has 1 aromatic carbocycles. The molecule has 0 radical (unpaired) electrons. The minimum absolute atomic E-state index is 0.146. The van der Waals surface area contributed by atoms with Crippen LogP contribution in [0.1, 0.15) is 32.4 Å². The molecule has 0 fully saturated rings. The molecule has 4 aromatic rings. The number of rotatable bonds is 6. The Hall–Kier alpha value is -3.78. The van der Waals surface area contributed by atoms with E-state index in [1.807, 2.05) is 57.2 Å². The van der Waals surface area contributed by atoms with Gasteiger partial charge in [-0.05, 0) is 43.9 Å². The van der Waals surface area contributed by atoms with E-state index in [1.54, 1.807) is 30.9 Å². The zero-order valence-electron chi connectivity index (χ0n) is 18.3. The normalized spacial score (nSPS) is 12.5. The number of pyridine rings is 2. The monoisotopic (exact) mass is 430 g/mol. The molecule has 8 heteroatoms. The number of hydrogen-bond donors (Lipinski definition) is 3. The Kier molecular flexibility index (Phi) is 5.87. The van der Waals surface area contributed by atoms with E-state index < -0.39 is 6.10 Å². The molecule has 0 saturated carbocycles. The molecule has 0 aliphatic rings. The van der Waals surface area contributed by atoms with Crippen LogP contribution >= 0.6 is 0 Å². The zero-order valence-corrected chi connectivity index (χ0v) is 18.3. The van der Waals surface area contributed by atoms with Crippen LogP contribution in [0.5, 0.6) is 0 Å². The summed E-state index contributed by atoms with van der Waals surface area (Å²) in [5, 5.41) is 18.3. The number of anilines is 3. The highest BCUT2D eigenvalue weighted by Crippen LogP contribution is 2.26. The molecule has 0 bridgehead atoms. The highest BCUT2D eigenvalue weighted by atomic mass is 16.3. The van der Waals surface area contributed by atoms with Crippen molar-refractivity contribution in [1.82, 2.24) is 19.5 Å². The lowest BCUT2D eigenvalue weighted by Gasteiger charge is -2.23. The van der Waals surface area contributed by atoms with Gasteiger partial charge in [-0.1, -0.05) is 30.3 Å². The minimum Gasteiger partial charge on any atom is -0.387 e. The van der Waals surface area contributed by atoms with E-state index >= 15 is 0 Å². The van der Waals surface area contributed by atoms with Crippen molar-refractivity contribution in [3.8, 4) is 0 Å². The molecule has 0 aliphatic carbocycles. The Morgan fingerprint density at radius 2 is 1.88 bits per heavy atom. The van der Waals surface area contributed by atoms with Crippen molar-refractivity contribution in [1.29, 1.82) is 0 Å². The second kappa shape index (κ2) is 8.76. The SMILES string of the molecule is CC(C)(C)Nc1nc(Nc2cnccn2)cc2ccn(C[C@@H](O)c3ccccc3)c(=O)c12. The lowest BCUT2D eigenvalue weighted by molar-refractivity contribution is 0.155. The van der Waals surface area contributed by atoms with E-state index in [2.05, 4.69) is 25.6 Å². The first kappa shape index (κ1) is 21.5. The summed E-state index contributed by atoms with van der Waals surface area (Å²) in [7, 11) is 0. The zero-order chi connectivity index (χ0) is 22.7. The third-order valence-corrected chi connectivity index (χ3v) is 4.83. The van der Waals surface area contributed by atoms with E-state index in [0.717, 1.165) is 10.9 Å². The number of nitrogens with zero attached hydrogens (tertiary/aromatic N) is 4. The van der Waals surface area contributed by atoms with E-state index in [-0.39, 0.29) is 17.6 Å². The van der Waals surface area contributed by atoms with Crippen LogP contribution in [0.25, 0.3) is 10.8 Å². The van der Waals surface area contributed by atoms with E-state index in [9.17, 15) is 9.90 Å². The van der Waals surface area contributed by atoms with Gasteiger partial charge in [-0.3, -0.25) is 9.78 Å². The molecular formula is C24H26N6O2. The van der Waals surface area contributed by atoms with Crippen LogP contribution in [0.3, 0.4) is 0 Å². The average molecular weight is 431 g/mol. The molecule has 3 heterocycles. The van der Waals surface area contributed by atoms with E-state index in [0.29, 0.717) is 22.8 Å². The Balaban J connectivity index is 1.76. The van der Waals surface area contributed by atoms with Crippen LogP contribution in [-0.4, -0.2) is 30.2 Å². The fourth-order valence-electron chi connectivity index (χ4n) is 3.42. The summed E-state index contributed by atoms with van der Waals surface area (Å²) < 4.78 is 1.52. The first-order valence-corrected chi connectivity index (χ1v) is 10.4. The van der Waals surface area contributed by atoms with E-state index in [4.69, 9.17) is 0 Å². The Bertz CT molecular complexity index is 1270. The number of hydrogen-bond acceptors (Lipinski definition) is 7. The van der Waals surface area contributed by atoms with E-state index in [1.165, 1.54) is 4.57 Å². The van der Waals surface area contributed by atoms with Crippen LogP contribution in [0, 0.1) is 0 Å². The van der Waals surface area contributed by atoms with Gasteiger partial charge in [-0.15, -0.1) is 0 Å². The van der Waals surface area contributed by atoms with Crippen LogP contribution in [0.15, 0.2) is 72.0 Å². The van der Waals surface area contributed by atoms with Gasteiger partial charge >= 0.3 is 0 Å². The molecule has 0 saturated heterocycles. The fraction of sp³-hybridized carbons (Fsp3) is 0.250. The number of nitrogens with one attached hydrogen (secondary N) is 2. The Morgan fingerprint density at radius 3 is 2.56 bits per heavy atom. The summed E-state index contributed by atoms with van der Waals surface area (Å²) in [6, 6.07) is 13.0. The molecule has 0 spiro atoms. The van der Waals surface area contributed by atoms with Gasteiger partial charge in [0.2, 0.25) is 0 Å². The molecule has 3 aromatic heterocycles. The summed E-state index contributed by atoms with van der Waals surface area (Å²) in [6.07, 6.45) is 5.69. The molecule has 0 aliphatic heterocycles. The standard InChI is InChI=1S/C24H26N6O2/c1-24(2,3)29-22-21-17(13-19(28-22)27-20-14-25-10-11-26-20)9-12-30(23(21)32)15-18(31)16-7-5-4-6-8-16/h4-14,18,31H,15H2,1-3H3,(H2,26,27,28,29)/t18-/m1/s1. The topological polar surface area (TPSA) is 105 Å². The second-order valence-electron chi connectivity index (χ2n) is 8.61. The van der Waals surface area contributed by atoms with Crippen LogP contribution in [-0.2, 0) is 6.54 Å². The van der Waals surface area contributed by atoms with Gasteiger partial charge in [0, 0.05) is 24.1 Å². The molecule has 3 N–H and O–H groups in total. The van der Waals surface area contributed by atoms with Crippen LogP contribution in [0.4, 0.5) is 17.5 Å². The fourth-order valence-corrected chi connectivity index (χ4v) is 3.42. The molecule has 32 heavy (non-hydrogen) atoms. The molecule has 0 unspecified atom stereocenters. The molecule has 4 rings (SSSR count). The summed E-state index contributed by atoms with van der Waals surface area (Å²) in [6.45, 7) is 6.16. The van der Waals surface area contributed by atoms with Crippen molar-refractivity contribution >= 4 is 28.2 Å². The summed E-state index contributed by atoms with van der Waals surface area (Å²) >= 11 is 0. The quantitative estimate of drug-likeness (QED) is 0.426. The molecule has 1 atom stereocenters. The molecule has 0 amide bonds. The minimum atomic E-state index is -0.795. The van der Waals surface area contributed by atoms with Gasteiger partial charge in [0.25, 0.3) is 5.56 Å². The predicted molar refractivity (Wildman–Crippen MR) is 126 cm³/mol. The second-order valence-corrected chi connectivity index (χ2v) is 8.61. The third-order valence-electron chi connectivity index (χ3n) is 4.83. The maximum atomic E-state index is 13.4. The number of fused-ring (bicyclic) bond motifs is 1. The van der Waals surface area contributed by atoms with Crippen LogP contribution < -0.4 is 16.2 Å². The van der Waals surface area contributed by atoms with Gasteiger partial charge in [-0.25, -0.2) is 9.97 Å². The summed E-state index contributed by atoms with van der Waals surface area (Å²) in [5.41, 5.74) is 0.221. The Labute approximate surface area is 186 Å². The molecule has 8 nitrogen and oxygen atoms in total. The smallest absolute Gasteiger partial charge is 0.262 e. The maximum absolute atomic E-state index is 13.4. The van der Waals surface area contributed by atoms with Crippen molar-refractivity contribution < 1.29 is 5.11 Å². The lowest BCUT2D eigenvalue weighted by Crippen LogP contribution is -2.29. The van der Waals surface area contributed by atoms with Crippen molar-refractivity contribution in [2.75, 3.05) is 10.6 Å². The number of aliphatic hydroxyl groups excluding tert-OH is 1. The number of benzene rings is 1. The highest BCUT2D eigenvalue weighted by molar-refractivity contribution is 5.93. The van der Waals surface area contributed by atoms with Gasteiger partial charge in [0.1, 0.15) is 17.5 Å². The average Bonchev–Trinajstić information content (AvgIpc) is 2.75. The largest absolute Gasteiger partial charge is 0.387 e. The van der Waals surface area contributed by atoms with Crippen LogP contribution in [0.2, 0.25) is 0 Å². The summed E-state index contributed by atoms with van der Waals surface area (Å²) in [4.78, 5) is 26.3. The van der Waals surface area contributed by atoms with Gasteiger partial charge in [0.15, 0.2) is 0 Å². The molecular weight excluding hydrogens is 404 g/mol. The van der Waals surface area contributed by atoms with Crippen molar-refractivity contribution in [3.05, 3.63) is 83.2 Å². The lowest BCUT2D eigenvalue weighted by atomic mass is 10.1. The summed E-state index contributed by atoms with van der Waals surface area (Å²) in [5.74, 6) is 1.57. The molecule has 164 valence electrons. The van der Waals surface area contributed by atoms with Crippen molar-refractivity contribution in [2.24, 2.45) is 0 Å². The highest BCUT2D eigenvalue weighted by Gasteiger charge is 2.18. The van der Waals surface area contributed by atoms with Crippen molar-refractivity contribution in [3.63, 3.8) is 0 Å². The van der Waals surface area contributed by atoms with Gasteiger partial charge in [0.05, 0.1) is 24.2 Å².